The van der Waals surface area contributed by atoms with Crippen molar-refractivity contribution in [3.63, 3.8) is 0 Å². The summed E-state index contributed by atoms with van der Waals surface area (Å²) in [6.07, 6.45) is 17.1. The molecular weight excluding hydrogens is 661 g/mol. The molecule has 0 aliphatic heterocycles. The highest BCUT2D eigenvalue weighted by atomic mass is 16.3. The molecule has 2 aliphatic carbocycles. The fraction of sp³-hybridized carbons (Fsp3) is 0.360. The smallest absolute Gasteiger partial charge is 0.124 e. The van der Waals surface area contributed by atoms with Crippen LogP contribution in [0.4, 0.5) is 11.4 Å². The molecule has 54 heavy (non-hydrogen) atoms. The normalized spacial score (nSPS) is 14.7. The summed E-state index contributed by atoms with van der Waals surface area (Å²) in [6, 6.07) is 33.7. The van der Waals surface area contributed by atoms with Crippen molar-refractivity contribution in [2.75, 3.05) is 0 Å². The van der Waals surface area contributed by atoms with E-state index in [2.05, 4.69) is 88.4 Å². The van der Waals surface area contributed by atoms with Crippen LogP contribution in [0.1, 0.15) is 138 Å². The van der Waals surface area contributed by atoms with Gasteiger partial charge in [0, 0.05) is 34.4 Å². The second kappa shape index (κ2) is 16.2. The summed E-state index contributed by atoms with van der Waals surface area (Å²) in [4.78, 5) is 9.87. The molecule has 0 aromatic heterocycles. The van der Waals surface area contributed by atoms with Gasteiger partial charge >= 0.3 is 0 Å². The maximum absolute atomic E-state index is 11.4. The van der Waals surface area contributed by atoms with Crippen LogP contribution in [0.2, 0.25) is 0 Å². The monoisotopic (exact) mass is 716 g/mol. The Morgan fingerprint density at radius 2 is 0.796 bits per heavy atom. The zero-order chi connectivity index (χ0) is 37.7. The van der Waals surface area contributed by atoms with Crippen molar-refractivity contribution >= 4 is 23.8 Å². The van der Waals surface area contributed by atoms with Gasteiger partial charge in [-0.1, -0.05) is 140 Å². The van der Waals surface area contributed by atoms with E-state index in [-0.39, 0.29) is 22.3 Å². The Kier molecular flexibility index (Phi) is 11.2. The van der Waals surface area contributed by atoms with E-state index in [0.717, 1.165) is 88.2 Å². The number of phenolic OH excluding ortho intramolecular Hbond substituents is 2. The van der Waals surface area contributed by atoms with Crippen molar-refractivity contribution in [3.8, 4) is 33.8 Å². The third-order valence-corrected chi connectivity index (χ3v) is 12.2. The van der Waals surface area contributed by atoms with E-state index in [4.69, 9.17) is 9.98 Å². The van der Waals surface area contributed by atoms with Gasteiger partial charge in [0.2, 0.25) is 0 Å². The summed E-state index contributed by atoms with van der Waals surface area (Å²) in [7, 11) is 0. The van der Waals surface area contributed by atoms with E-state index < -0.39 is 0 Å². The molecule has 4 heteroatoms. The lowest BCUT2D eigenvalue weighted by atomic mass is 9.70. The van der Waals surface area contributed by atoms with Crippen LogP contribution in [-0.4, -0.2) is 22.6 Å². The molecule has 0 spiro atoms. The van der Waals surface area contributed by atoms with Crippen LogP contribution < -0.4 is 0 Å². The molecule has 0 atom stereocenters. The Labute approximate surface area is 322 Å². The predicted octanol–water partition coefficient (Wildman–Crippen LogP) is 13.9. The van der Waals surface area contributed by atoms with Crippen LogP contribution in [0.3, 0.4) is 0 Å². The maximum Gasteiger partial charge on any atom is 0.124 e. The number of phenols is 2. The van der Waals surface area contributed by atoms with Gasteiger partial charge in [-0.3, -0.25) is 9.98 Å². The Balaban J connectivity index is 1.24. The van der Waals surface area contributed by atoms with E-state index in [1.165, 1.54) is 33.4 Å². The highest BCUT2D eigenvalue weighted by molar-refractivity contribution is 5.94. The van der Waals surface area contributed by atoms with Gasteiger partial charge in [-0.2, -0.15) is 0 Å². The number of para-hydroxylation sites is 2. The number of hydrogen-bond donors (Lipinski definition) is 2. The summed E-state index contributed by atoms with van der Waals surface area (Å²) in [5, 5.41) is 22.8. The van der Waals surface area contributed by atoms with Crippen LogP contribution in [0.5, 0.6) is 11.5 Å². The largest absolute Gasteiger partial charge is 0.507 e. The van der Waals surface area contributed by atoms with Crippen LogP contribution in [0.25, 0.3) is 22.3 Å². The van der Waals surface area contributed by atoms with Gasteiger partial charge in [-0.25, -0.2) is 0 Å². The zero-order valence-electron chi connectivity index (χ0n) is 32.7. The van der Waals surface area contributed by atoms with E-state index in [0.29, 0.717) is 22.5 Å². The van der Waals surface area contributed by atoms with Crippen molar-refractivity contribution in [2.45, 2.75) is 116 Å². The molecule has 0 unspecified atom stereocenters. The number of nitrogens with zero attached hydrogens (tertiary/aromatic N) is 2. The minimum Gasteiger partial charge on any atom is -0.507 e. The number of unbranched alkanes of at least 4 members (excludes halogenated alkanes) is 4. The fourth-order valence-electron chi connectivity index (χ4n) is 9.42. The molecule has 0 radical (unpaired) electrons. The fourth-order valence-corrected chi connectivity index (χ4v) is 9.42. The van der Waals surface area contributed by atoms with E-state index in [1.54, 1.807) is 12.4 Å². The third-order valence-electron chi connectivity index (χ3n) is 12.2. The maximum atomic E-state index is 11.4. The average Bonchev–Trinajstić information content (AvgIpc) is 3.61. The topological polar surface area (TPSA) is 65.2 Å². The second-order valence-corrected chi connectivity index (χ2v) is 15.6. The molecule has 2 aliphatic rings. The molecule has 0 heterocycles. The molecule has 0 bridgehead atoms. The number of hydrogen-bond acceptors (Lipinski definition) is 4. The molecule has 2 N–H and O–H groups in total. The van der Waals surface area contributed by atoms with Crippen molar-refractivity contribution < 1.29 is 10.2 Å². The molecule has 7 rings (SSSR count). The molecule has 5 aromatic carbocycles. The van der Waals surface area contributed by atoms with Crippen LogP contribution in [0, 0.1) is 0 Å². The Morgan fingerprint density at radius 3 is 1.17 bits per heavy atom. The van der Waals surface area contributed by atoms with Gasteiger partial charge in [-0.15, -0.1) is 0 Å². The number of benzene rings is 5. The lowest BCUT2D eigenvalue weighted by Crippen LogP contribution is -2.25. The summed E-state index contributed by atoms with van der Waals surface area (Å²) in [5.74, 6) is 0.461. The molecule has 278 valence electrons. The standard InChI is InChI=1S/C50H56N2O2/c1-5-9-25-49(26-10-6-2)41-21-15-13-19-37(41)39-31-47(53)35(29-43(39)49)33-51-45-23-17-18-24-46(45)52-34-36-30-44-40(32-48(36)54)38-20-14-16-22-42(38)50(44,27-11-7-3)28-12-8-4/h13-24,29-34,53-54H,5-12,25-28H2,1-4H3. The molecule has 0 saturated heterocycles. The summed E-state index contributed by atoms with van der Waals surface area (Å²) in [5.41, 5.74) is 12.8. The predicted molar refractivity (Wildman–Crippen MR) is 228 cm³/mol. The number of aliphatic imine (C=N–C) groups is 2. The minimum atomic E-state index is -0.0691. The molecular formula is C50H56N2O2. The van der Waals surface area contributed by atoms with Crippen molar-refractivity contribution in [2.24, 2.45) is 9.98 Å². The molecule has 0 fully saturated rings. The first kappa shape index (κ1) is 37.4. The quantitative estimate of drug-likeness (QED) is 0.0999. The molecule has 4 nitrogen and oxygen atoms in total. The SMILES string of the molecule is CCCCC1(CCCC)c2ccccc2-c2cc(O)c(C=Nc3ccccc3N=Cc3cc4c(cc3O)-c3ccccc3C4(CCCC)CCCC)cc21. The third kappa shape index (κ3) is 6.69. The van der Waals surface area contributed by atoms with Gasteiger partial charge in [-0.05, 0) is 107 Å². The van der Waals surface area contributed by atoms with Crippen molar-refractivity contribution in [1.82, 2.24) is 0 Å². The van der Waals surface area contributed by atoms with E-state index in [9.17, 15) is 10.2 Å². The van der Waals surface area contributed by atoms with Gasteiger partial charge in [0.15, 0.2) is 0 Å². The minimum absolute atomic E-state index is 0.0691. The zero-order valence-corrected chi connectivity index (χ0v) is 32.7. The highest BCUT2D eigenvalue weighted by Gasteiger charge is 2.43. The van der Waals surface area contributed by atoms with Gasteiger partial charge in [0.05, 0.1) is 11.4 Å². The number of aromatic hydroxyl groups is 2. The first-order chi connectivity index (χ1) is 26.4. The Morgan fingerprint density at radius 1 is 0.444 bits per heavy atom. The second-order valence-electron chi connectivity index (χ2n) is 15.6. The summed E-state index contributed by atoms with van der Waals surface area (Å²) < 4.78 is 0. The lowest BCUT2D eigenvalue weighted by molar-refractivity contribution is 0.413. The van der Waals surface area contributed by atoms with E-state index >= 15 is 0 Å². The molecule has 0 saturated carbocycles. The first-order valence-electron chi connectivity index (χ1n) is 20.5. The first-order valence-corrected chi connectivity index (χ1v) is 20.5. The van der Waals surface area contributed by atoms with Crippen LogP contribution in [0.15, 0.2) is 107 Å². The molecule has 5 aromatic rings. The van der Waals surface area contributed by atoms with Crippen LogP contribution >= 0.6 is 0 Å². The average molecular weight is 717 g/mol. The van der Waals surface area contributed by atoms with Crippen molar-refractivity contribution in [3.05, 3.63) is 130 Å². The van der Waals surface area contributed by atoms with Gasteiger partial charge in [0.25, 0.3) is 0 Å². The number of rotatable bonds is 16. The highest BCUT2D eigenvalue weighted by Crippen LogP contribution is 2.56. The molecule has 0 amide bonds. The van der Waals surface area contributed by atoms with Crippen LogP contribution in [-0.2, 0) is 10.8 Å². The lowest BCUT2D eigenvalue weighted by Gasteiger charge is -2.33. The summed E-state index contributed by atoms with van der Waals surface area (Å²) in [6.45, 7) is 9.07. The van der Waals surface area contributed by atoms with E-state index in [1.807, 2.05) is 36.4 Å². The number of fused-ring (bicyclic) bond motifs is 6. The Hall–Kier alpha value is -4.96. The van der Waals surface area contributed by atoms with Gasteiger partial charge in [0.1, 0.15) is 11.5 Å². The van der Waals surface area contributed by atoms with Gasteiger partial charge < -0.3 is 10.2 Å². The van der Waals surface area contributed by atoms with Crippen molar-refractivity contribution in [1.29, 1.82) is 0 Å². The summed E-state index contributed by atoms with van der Waals surface area (Å²) >= 11 is 0. The Bertz CT molecular complexity index is 2010.